The van der Waals surface area contributed by atoms with Crippen LogP contribution in [0.2, 0.25) is 0 Å². The second kappa shape index (κ2) is 6.45. The normalized spacial score (nSPS) is 16.6. The highest BCUT2D eigenvalue weighted by Crippen LogP contribution is 2.29. The minimum Gasteiger partial charge on any atom is -0.345 e. The van der Waals surface area contributed by atoms with Gasteiger partial charge in [-0.3, -0.25) is 4.79 Å². The van der Waals surface area contributed by atoms with Crippen LogP contribution in [0.4, 0.5) is 13.2 Å². The molecular weight excluding hydrogens is 293 g/mol. The molecule has 1 aliphatic rings. The molecule has 1 aromatic rings. The maximum atomic E-state index is 13.5. The van der Waals surface area contributed by atoms with E-state index in [4.69, 9.17) is 5.73 Å². The van der Waals surface area contributed by atoms with Crippen LogP contribution in [0.15, 0.2) is 12.1 Å². The van der Waals surface area contributed by atoms with Gasteiger partial charge in [-0.2, -0.15) is 0 Å². The summed E-state index contributed by atoms with van der Waals surface area (Å²) >= 11 is 0. The highest BCUT2D eigenvalue weighted by atomic mass is 35.5. The highest BCUT2D eigenvalue weighted by molar-refractivity contribution is 5.95. The third-order valence-electron chi connectivity index (χ3n) is 3.61. The molecule has 20 heavy (non-hydrogen) atoms. The van der Waals surface area contributed by atoms with Crippen LogP contribution >= 0.6 is 12.4 Å². The van der Waals surface area contributed by atoms with Crippen molar-refractivity contribution < 1.29 is 18.0 Å². The number of hydrogen-bond donors (Lipinski definition) is 2. The van der Waals surface area contributed by atoms with Crippen LogP contribution in [-0.2, 0) is 0 Å². The van der Waals surface area contributed by atoms with Crippen LogP contribution in [0.25, 0.3) is 0 Å². The Morgan fingerprint density at radius 2 is 1.80 bits per heavy atom. The van der Waals surface area contributed by atoms with E-state index in [1.54, 1.807) is 0 Å². The van der Waals surface area contributed by atoms with E-state index in [-0.39, 0.29) is 19.0 Å². The zero-order chi connectivity index (χ0) is 14.0. The summed E-state index contributed by atoms with van der Waals surface area (Å²) in [5, 5.41) is 2.65. The smallest absolute Gasteiger partial charge is 0.254 e. The number of amides is 1. The molecule has 0 radical (unpaired) electrons. The van der Waals surface area contributed by atoms with Gasteiger partial charge in [0.1, 0.15) is 0 Å². The molecule has 0 aliphatic heterocycles. The quantitative estimate of drug-likeness (QED) is 0.843. The number of carbonyl (C=O) groups is 1. The minimum atomic E-state index is -1.64. The molecule has 0 bridgehead atoms. The van der Waals surface area contributed by atoms with Gasteiger partial charge >= 0.3 is 0 Å². The lowest BCUT2D eigenvalue weighted by molar-refractivity contribution is 0.0897. The molecule has 0 heterocycles. The molecule has 0 unspecified atom stereocenters. The number of rotatable bonds is 3. The molecule has 3 nitrogen and oxygen atoms in total. The van der Waals surface area contributed by atoms with Crippen molar-refractivity contribution in [2.45, 2.75) is 31.2 Å². The average molecular weight is 309 g/mol. The Balaban J connectivity index is 0.00000200. The molecular formula is C13H16ClF3N2O. The van der Waals surface area contributed by atoms with Crippen molar-refractivity contribution in [3.05, 3.63) is 35.1 Å². The van der Waals surface area contributed by atoms with E-state index < -0.39 is 34.5 Å². The van der Waals surface area contributed by atoms with Crippen molar-refractivity contribution in [1.29, 1.82) is 0 Å². The molecule has 0 saturated heterocycles. The summed E-state index contributed by atoms with van der Waals surface area (Å²) in [6.45, 7) is 0.240. The lowest BCUT2D eigenvalue weighted by Gasteiger charge is -2.28. The predicted molar refractivity (Wildman–Crippen MR) is 71.3 cm³/mol. The Hall–Kier alpha value is -1.27. The Bertz CT molecular complexity index is 505. The maximum Gasteiger partial charge on any atom is 0.254 e. The Morgan fingerprint density at radius 1 is 1.20 bits per heavy atom. The fourth-order valence-electron chi connectivity index (χ4n) is 2.44. The summed E-state index contributed by atoms with van der Waals surface area (Å²) in [4.78, 5) is 12.0. The molecule has 1 amide bonds. The fraction of sp³-hybridized carbons (Fsp3) is 0.462. The zero-order valence-corrected chi connectivity index (χ0v) is 11.5. The zero-order valence-electron chi connectivity index (χ0n) is 10.7. The maximum absolute atomic E-state index is 13.5. The van der Waals surface area contributed by atoms with Crippen molar-refractivity contribution >= 4 is 18.3 Å². The Labute approximate surface area is 121 Å². The summed E-state index contributed by atoms with van der Waals surface area (Å²) in [6, 6.07) is 1.67. The van der Waals surface area contributed by atoms with Crippen molar-refractivity contribution in [3.8, 4) is 0 Å². The highest BCUT2D eigenvalue weighted by Gasteiger charge is 2.35. The second-order valence-corrected chi connectivity index (χ2v) is 4.87. The molecule has 0 spiro atoms. The molecule has 1 aromatic carbocycles. The number of nitrogens with one attached hydrogen (secondary N) is 1. The number of benzene rings is 1. The van der Waals surface area contributed by atoms with Gasteiger partial charge in [-0.05, 0) is 25.0 Å². The number of halogens is 4. The molecule has 1 saturated carbocycles. The lowest BCUT2D eigenvalue weighted by atomic mass is 9.97. The lowest BCUT2D eigenvalue weighted by Crippen LogP contribution is -2.51. The molecule has 1 aliphatic carbocycles. The van der Waals surface area contributed by atoms with E-state index >= 15 is 0 Å². The minimum absolute atomic E-state index is 0. The van der Waals surface area contributed by atoms with Crippen LogP contribution in [-0.4, -0.2) is 18.0 Å². The van der Waals surface area contributed by atoms with Crippen LogP contribution in [0, 0.1) is 17.5 Å². The average Bonchev–Trinajstić information content (AvgIpc) is 2.85. The van der Waals surface area contributed by atoms with Gasteiger partial charge in [-0.15, -0.1) is 12.4 Å². The molecule has 2 rings (SSSR count). The third-order valence-corrected chi connectivity index (χ3v) is 3.61. The summed E-state index contributed by atoms with van der Waals surface area (Å²) < 4.78 is 39.4. The summed E-state index contributed by atoms with van der Waals surface area (Å²) in [7, 11) is 0. The van der Waals surface area contributed by atoms with Crippen LogP contribution < -0.4 is 11.1 Å². The van der Waals surface area contributed by atoms with Gasteiger partial charge in [0, 0.05) is 6.54 Å². The van der Waals surface area contributed by atoms with Gasteiger partial charge < -0.3 is 11.1 Å². The van der Waals surface area contributed by atoms with Crippen molar-refractivity contribution in [2.75, 3.05) is 6.54 Å². The van der Waals surface area contributed by atoms with Crippen LogP contribution in [0.3, 0.4) is 0 Å². The van der Waals surface area contributed by atoms with E-state index in [0.717, 1.165) is 25.0 Å². The standard InChI is InChI=1S/C13H15F3N2O.ClH/c14-9-4-3-8(10(15)11(9)16)12(19)18-13(7-17)5-1-2-6-13;/h3-4H,1-2,5-7,17H2,(H,18,19);1H. The summed E-state index contributed by atoms with van der Waals surface area (Å²) in [5.74, 6) is -5.18. The van der Waals surface area contributed by atoms with E-state index in [2.05, 4.69) is 5.32 Å². The second-order valence-electron chi connectivity index (χ2n) is 4.87. The number of carbonyl (C=O) groups excluding carboxylic acids is 1. The number of nitrogens with two attached hydrogens (primary N) is 1. The monoisotopic (exact) mass is 308 g/mol. The first-order valence-corrected chi connectivity index (χ1v) is 6.15. The van der Waals surface area contributed by atoms with Gasteiger partial charge in [0.05, 0.1) is 11.1 Å². The molecule has 0 aromatic heterocycles. The summed E-state index contributed by atoms with van der Waals surface area (Å²) in [6.07, 6.45) is 3.27. The van der Waals surface area contributed by atoms with Gasteiger partial charge in [0.2, 0.25) is 0 Å². The molecule has 7 heteroatoms. The molecule has 1 fully saturated rings. The SMILES string of the molecule is Cl.NCC1(NC(=O)c2ccc(F)c(F)c2F)CCCC1. The van der Waals surface area contributed by atoms with Crippen LogP contribution in [0.1, 0.15) is 36.0 Å². The van der Waals surface area contributed by atoms with E-state index in [0.29, 0.717) is 12.8 Å². The third kappa shape index (κ3) is 3.07. The fourth-order valence-corrected chi connectivity index (χ4v) is 2.44. The van der Waals surface area contributed by atoms with E-state index in [1.165, 1.54) is 0 Å². The van der Waals surface area contributed by atoms with Crippen molar-refractivity contribution in [1.82, 2.24) is 5.32 Å². The first kappa shape index (κ1) is 16.8. The van der Waals surface area contributed by atoms with Crippen molar-refractivity contribution in [2.24, 2.45) is 5.73 Å². The predicted octanol–water partition coefficient (Wildman–Crippen LogP) is 2.53. The van der Waals surface area contributed by atoms with Gasteiger partial charge in [-0.25, -0.2) is 13.2 Å². The van der Waals surface area contributed by atoms with Gasteiger partial charge in [0.15, 0.2) is 17.5 Å². The molecule has 0 atom stereocenters. The van der Waals surface area contributed by atoms with Gasteiger partial charge in [-0.1, -0.05) is 12.8 Å². The Morgan fingerprint density at radius 3 is 2.35 bits per heavy atom. The Kier molecular flexibility index (Phi) is 5.42. The van der Waals surface area contributed by atoms with E-state index in [1.807, 2.05) is 0 Å². The topological polar surface area (TPSA) is 55.1 Å². The largest absolute Gasteiger partial charge is 0.345 e. The summed E-state index contributed by atoms with van der Waals surface area (Å²) in [5.41, 5.74) is 4.58. The van der Waals surface area contributed by atoms with Gasteiger partial charge in [0.25, 0.3) is 5.91 Å². The molecule has 112 valence electrons. The first-order valence-electron chi connectivity index (χ1n) is 6.15. The first-order chi connectivity index (χ1) is 8.99. The van der Waals surface area contributed by atoms with Crippen LogP contribution in [0.5, 0.6) is 0 Å². The van der Waals surface area contributed by atoms with E-state index in [9.17, 15) is 18.0 Å². The van der Waals surface area contributed by atoms with Crippen molar-refractivity contribution in [3.63, 3.8) is 0 Å². The number of hydrogen-bond acceptors (Lipinski definition) is 2. The molecule has 3 N–H and O–H groups in total.